The molecule has 0 aliphatic carbocycles. The van der Waals surface area contributed by atoms with E-state index in [0.29, 0.717) is 16.7 Å². The fourth-order valence-electron chi connectivity index (χ4n) is 6.20. The molecule has 2 aromatic heterocycles. The van der Waals surface area contributed by atoms with Crippen molar-refractivity contribution in [1.29, 1.82) is 15.8 Å². The van der Waals surface area contributed by atoms with Gasteiger partial charge in [0.2, 0.25) is 0 Å². The zero-order chi connectivity index (χ0) is 29.8. The molecule has 3 nitrogen and oxygen atoms in total. The fourth-order valence-corrected chi connectivity index (χ4v) is 8.80. The van der Waals surface area contributed by atoms with E-state index in [-0.39, 0.29) is 0 Å². The lowest BCUT2D eigenvalue weighted by Gasteiger charge is -2.13. The molecule has 0 radical (unpaired) electrons. The van der Waals surface area contributed by atoms with Crippen LogP contribution in [0.4, 0.5) is 0 Å². The molecule has 2 heterocycles. The number of hydrogen-bond acceptors (Lipinski definition) is 5. The second-order valence-electron chi connectivity index (χ2n) is 10.6. The van der Waals surface area contributed by atoms with Crippen molar-refractivity contribution in [2.24, 2.45) is 0 Å². The van der Waals surface area contributed by atoms with Crippen molar-refractivity contribution >= 4 is 63.0 Å². The van der Waals surface area contributed by atoms with Crippen LogP contribution in [0.2, 0.25) is 0 Å². The molecule has 8 rings (SSSR count). The Morgan fingerprint density at radius 1 is 0.364 bits per heavy atom. The Bertz CT molecular complexity index is 2450. The number of nitriles is 3. The standard InChI is InChI=1S/C39H19N3S2/c40-20-23-7-1-2-10-29(23)26-17-27(30-11-5-15-34-32-13-3-8-24(21-41)36(32)43-38(30)34)19-28(18-26)31-12-6-16-35-33-14-4-9-25(22-42)37(33)44-39(31)35/h1-19H. The molecule has 0 fully saturated rings. The van der Waals surface area contributed by atoms with E-state index in [0.717, 1.165) is 73.7 Å². The number of rotatable bonds is 3. The Labute approximate surface area is 261 Å². The summed E-state index contributed by atoms with van der Waals surface area (Å²) >= 11 is 3.30. The molecule has 0 atom stereocenters. The van der Waals surface area contributed by atoms with E-state index >= 15 is 0 Å². The van der Waals surface area contributed by atoms with Gasteiger partial charge in [-0.3, -0.25) is 0 Å². The monoisotopic (exact) mass is 593 g/mol. The normalized spacial score (nSPS) is 11.1. The molecule has 0 bridgehead atoms. The highest BCUT2D eigenvalue weighted by molar-refractivity contribution is 7.27. The Morgan fingerprint density at radius 2 is 0.727 bits per heavy atom. The van der Waals surface area contributed by atoms with Crippen molar-refractivity contribution in [3.8, 4) is 51.6 Å². The molecule has 5 heteroatoms. The molecule has 0 amide bonds. The first-order chi connectivity index (χ1) is 21.7. The van der Waals surface area contributed by atoms with E-state index < -0.39 is 0 Å². The summed E-state index contributed by atoms with van der Waals surface area (Å²) < 4.78 is 4.24. The summed E-state index contributed by atoms with van der Waals surface area (Å²) in [5, 5.41) is 34.0. The van der Waals surface area contributed by atoms with Gasteiger partial charge in [-0.25, -0.2) is 0 Å². The van der Waals surface area contributed by atoms with Crippen molar-refractivity contribution < 1.29 is 0 Å². The Morgan fingerprint density at radius 3 is 1.20 bits per heavy atom. The van der Waals surface area contributed by atoms with Gasteiger partial charge in [0.25, 0.3) is 0 Å². The maximum absolute atomic E-state index is 10.00. The first kappa shape index (κ1) is 25.9. The molecule has 0 aliphatic heterocycles. The minimum Gasteiger partial charge on any atom is -0.192 e. The van der Waals surface area contributed by atoms with Crippen LogP contribution in [0.15, 0.2) is 115 Å². The van der Waals surface area contributed by atoms with Crippen molar-refractivity contribution in [2.45, 2.75) is 0 Å². The van der Waals surface area contributed by atoms with Gasteiger partial charge < -0.3 is 0 Å². The van der Waals surface area contributed by atoms with E-state index in [1.807, 2.05) is 48.5 Å². The van der Waals surface area contributed by atoms with Gasteiger partial charge in [-0.1, -0.05) is 78.9 Å². The summed E-state index contributed by atoms with van der Waals surface area (Å²) in [5.74, 6) is 0. The minimum absolute atomic E-state index is 0.619. The lowest BCUT2D eigenvalue weighted by Crippen LogP contribution is -1.89. The van der Waals surface area contributed by atoms with Gasteiger partial charge >= 0.3 is 0 Å². The smallest absolute Gasteiger partial charge is 0.101 e. The predicted molar refractivity (Wildman–Crippen MR) is 183 cm³/mol. The van der Waals surface area contributed by atoms with Crippen LogP contribution in [-0.4, -0.2) is 0 Å². The van der Waals surface area contributed by atoms with E-state index in [4.69, 9.17) is 0 Å². The molecular weight excluding hydrogens is 575 g/mol. The van der Waals surface area contributed by atoms with Crippen LogP contribution < -0.4 is 0 Å². The van der Waals surface area contributed by atoms with Crippen LogP contribution in [0, 0.1) is 34.0 Å². The highest BCUT2D eigenvalue weighted by Crippen LogP contribution is 2.45. The number of nitrogens with zero attached hydrogens (tertiary/aromatic N) is 3. The summed E-state index contributed by atoms with van der Waals surface area (Å²) in [6, 6.07) is 45.9. The second-order valence-corrected chi connectivity index (χ2v) is 12.7. The zero-order valence-electron chi connectivity index (χ0n) is 23.1. The van der Waals surface area contributed by atoms with Crippen LogP contribution in [0.5, 0.6) is 0 Å². The van der Waals surface area contributed by atoms with Gasteiger partial charge in [0.15, 0.2) is 0 Å². The Hall–Kier alpha value is -5.77. The average molecular weight is 594 g/mol. The quantitative estimate of drug-likeness (QED) is 0.205. The van der Waals surface area contributed by atoms with Gasteiger partial charge in [0, 0.05) is 30.9 Å². The van der Waals surface area contributed by atoms with Gasteiger partial charge in [-0.05, 0) is 69.8 Å². The molecule has 44 heavy (non-hydrogen) atoms. The zero-order valence-corrected chi connectivity index (χ0v) is 24.8. The third kappa shape index (κ3) is 3.91. The third-order valence-corrected chi connectivity index (χ3v) is 10.8. The summed E-state index contributed by atoms with van der Waals surface area (Å²) in [4.78, 5) is 0. The number of hydrogen-bond donors (Lipinski definition) is 0. The average Bonchev–Trinajstić information content (AvgIpc) is 3.67. The highest BCUT2D eigenvalue weighted by Gasteiger charge is 2.18. The summed E-state index contributed by atoms with van der Waals surface area (Å²) in [7, 11) is 0. The lowest BCUT2D eigenvalue weighted by molar-refractivity contribution is 1.48. The maximum Gasteiger partial charge on any atom is 0.101 e. The van der Waals surface area contributed by atoms with Gasteiger partial charge in [-0.15, -0.1) is 22.7 Å². The van der Waals surface area contributed by atoms with Crippen molar-refractivity contribution in [2.75, 3.05) is 0 Å². The van der Waals surface area contributed by atoms with Crippen molar-refractivity contribution in [1.82, 2.24) is 0 Å². The highest BCUT2D eigenvalue weighted by atomic mass is 32.1. The van der Waals surface area contributed by atoms with E-state index in [9.17, 15) is 15.8 Å². The first-order valence-electron chi connectivity index (χ1n) is 14.0. The van der Waals surface area contributed by atoms with Crippen LogP contribution in [0.25, 0.3) is 73.7 Å². The van der Waals surface area contributed by atoms with Crippen molar-refractivity contribution in [3.63, 3.8) is 0 Å². The minimum atomic E-state index is 0.619. The topological polar surface area (TPSA) is 71.4 Å². The first-order valence-corrected chi connectivity index (χ1v) is 15.7. The van der Waals surface area contributed by atoms with Gasteiger partial charge in [0.05, 0.1) is 32.2 Å². The van der Waals surface area contributed by atoms with Gasteiger partial charge in [0.1, 0.15) is 12.1 Å². The molecule has 0 spiro atoms. The second kappa shape index (κ2) is 10.2. The predicted octanol–water partition coefficient (Wildman–Crippen LogP) is 11.0. The molecule has 8 aromatic rings. The van der Waals surface area contributed by atoms with Crippen LogP contribution >= 0.6 is 22.7 Å². The van der Waals surface area contributed by atoms with Crippen LogP contribution in [0.3, 0.4) is 0 Å². The number of benzene rings is 6. The molecule has 0 saturated carbocycles. The molecule has 0 unspecified atom stereocenters. The summed E-state index contributed by atoms with van der Waals surface area (Å²) in [6.45, 7) is 0. The largest absolute Gasteiger partial charge is 0.192 e. The van der Waals surface area contributed by atoms with Crippen LogP contribution in [0.1, 0.15) is 16.7 Å². The maximum atomic E-state index is 10.00. The molecule has 0 saturated heterocycles. The lowest BCUT2D eigenvalue weighted by atomic mass is 9.91. The Balaban J connectivity index is 1.45. The third-order valence-electron chi connectivity index (χ3n) is 8.20. The molecular formula is C39H19N3S2. The SMILES string of the molecule is N#Cc1ccccc1-c1cc(-c2cccc3c2sc2c(C#N)cccc23)cc(-c2cccc3c2sc2c(C#N)cccc23)c1. The van der Waals surface area contributed by atoms with Crippen LogP contribution in [-0.2, 0) is 0 Å². The molecule has 0 N–H and O–H groups in total. The van der Waals surface area contributed by atoms with E-state index in [1.165, 1.54) is 0 Å². The number of thiophene rings is 2. The molecule has 6 aromatic carbocycles. The van der Waals surface area contributed by atoms with Crippen molar-refractivity contribution in [3.05, 3.63) is 132 Å². The summed E-state index contributed by atoms with van der Waals surface area (Å²) in [6.07, 6.45) is 0. The van der Waals surface area contributed by atoms with E-state index in [2.05, 4.69) is 84.9 Å². The van der Waals surface area contributed by atoms with Gasteiger partial charge in [-0.2, -0.15) is 15.8 Å². The molecule has 202 valence electrons. The fraction of sp³-hybridized carbons (Fsp3) is 0. The Kier molecular flexibility index (Phi) is 6.00. The van der Waals surface area contributed by atoms with E-state index in [1.54, 1.807) is 22.7 Å². The number of fused-ring (bicyclic) bond motifs is 6. The summed E-state index contributed by atoms with van der Waals surface area (Å²) in [5.41, 5.74) is 8.06. The molecule has 0 aliphatic rings.